The fourth-order valence-corrected chi connectivity index (χ4v) is 3.91. The smallest absolute Gasteiger partial charge is 0.341 e. The van der Waals surface area contributed by atoms with Crippen LogP contribution in [-0.2, 0) is 22.8 Å². The van der Waals surface area contributed by atoms with E-state index in [0.717, 1.165) is 22.9 Å². The van der Waals surface area contributed by atoms with Crippen molar-refractivity contribution in [2.45, 2.75) is 23.6 Å². The normalized spacial score (nSPS) is 14.1. The molecule has 0 unspecified atom stereocenters. The van der Waals surface area contributed by atoms with Gasteiger partial charge in [0.2, 0.25) is 9.84 Å². The summed E-state index contributed by atoms with van der Waals surface area (Å²) in [5.41, 5.74) is 1.60. The summed E-state index contributed by atoms with van der Waals surface area (Å²) in [7, 11) is -3.35. The maximum absolute atomic E-state index is 12.7. The van der Waals surface area contributed by atoms with Crippen molar-refractivity contribution < 1.29 is 26.9 Å². The fourth-order valence-electron chi connectivity index (χ4n) is 3.17. The minimum absolute atomic E-state index is 0.182. The van der Waals surface area contributed by atoms with Gasteiger partial charge in [0.25, 0.3) is 5.69 Å². The van der Waals surface area contributed by atoms with Gasteiger partial charge in [0.05, 0.1) is 16.9 Å². The van der Waals surface area contributed by atoms with Crippen molar-refractivity contribution in [2.75, 3.05) is 18.6 Å². The molecule has 1 heterocycles. The first kappa shape index (κ1) is 19.0. The van der Waals surface area contributed by atoms with Crippen LogP contribution in [0.4, 0.5) is 20.2 Å². The minimum atomic E-state index is -4.91. The molecule has 0 saturated heterocycles. The average molecular weight is 398 g/mol. The molecule has 2 aromatic carbocycles. The molecule has 0 N–H and O–H groups in total. The summed E-state index contributed by atoms with van der Waals surface area (Å²) in [5.74, 6) is -2.91. The molecule has 0 spiro atoms. The highest BCUT2D eigenvalue weighted by molar-refractivity contribution is 7.91. The number of nitrogens with zero attached hydrogens (tertiary/aromatic N) is 2. The van der Waals surface area contributed by atoms with Crippen LogP contribution in [0.5, 0.6) is 5.75 Å². The number of alkyl halides is 2. The average Bonchev–Trinajstić information content (AvgIpc) is 2.66. The first-order valence-electron chi connectivity index (χ1n) is 7.96. The lowest BCUT2D eigenvalue weighted by Crippen LogP contribution is -2.31. The molecule has 2 aromatic rings. The maximum Gasteiger partial charge on any atom is 0.341 e. The number of fused-ring (bicyclic) bond motifs is 1. The Morgan fingerprint density at radius 2 is 2.00 bits per heavy atom. The zero-order chi connectivity index (χ0) is 19.8. The van der Waals surface area contributed by atoms with Crippen LogP contribution < -0.4 is 9.64 Å². The number of halogens is 2. The van der Waals surface area contributed by atoms with Crippen LogP contribution in [0.2, 0.25) is 0 Å². The van der Waals surface area contributed by atoms with Crippen LogP contribution in [0.15, 0.2) is 41.3 Å². The Hall–Kier alpha value is -2.75. The molecule has 0 saturated carbocycles. The van der Waals surface area contributed by atoms with Crippen molar-refractivity contribution in [3.8, 4) is 5.75 Å². The van der Waals surface area contributed by atoms with Crippen LogP contribution in [0, 0.1) is 10.1 Å². The number of hydrogen-bond acceptors (Lipinski definition) is 6. The number of nitro benzene ring substituents is 1. The summed E-state index contributed by atoms with van der Waals surface area (Å²) in [6, 6.07) is 8.40. The zero-order valence-corrected chi connectivity index (χ0v) is 15.1. The number of anilines is 1. The highest BCUT2D eigenvalue weighted by atomic mass is 32.2. The molecule has 7 nitrogen and oxygen atoms in total. The number of hydrogen-bond donors (Lipinski definition) is 0. The SMILES string of the molecule is COc1cccc2c1CCN(c1ccc(S(=O)(=O)C(F)F)cc1[N+](=O)[O-])C2. The van der Waals surface area contributed by atoms with Crippen molar-refractivity contribution in [3.05, 3.63) is 57.6 Å². The summed E-state index contributed by atoms with van der Waals surface area (Å²) in [6.45, 7) is 0.795. The van der Waals surface area contributed by atoms with Crippen LogP contribution in [0.25, 0.3) is 0 Å². The molecule has 1 aliphatic rings. The van der Waals surface area contributed by atoms with E-state index in [1.807, 2.05) is 18.2 Å². The van der Waals surface area contributed by atoms with E-state index < -0.39 is 31.1 Å². The third kappa shape index (κ3) is 3.44. The highest BCUT2D eigenvalue weighted by Crippen LogP contribution is 2.36. The molecule has 0 aromatic heterocycles. The number of ether oxygens (including phenoxy) is 1. The summed E-state index contributed by atoms with van der Waals surface area (Å²) in [6.07, 6.45) is 0.577. The molecule has 1 aliphatic heterocycles. The Balaban J connectivity index is 2.01. The largest absolute Gasteiger partial charge is 0.496 e. The van der Waals surface area contributed by atoms with Gasteiger partial charge >= 0.3 is 5.76 Å². The highest BCUT2D eigenvalue weighted by Gasteiger charge is 2.31. The summed E-state index contributed by atoms with van der Waals surface area (Å²) >= 11 is 0. The maximum atomic E-state index is 12.7. The van der Waals surface area contributed by atoms with Crippen molar-refractivity contribution in [2.24, 2.45) is 0 Å². The lowest BCUT2D eigenvalue weighted by atomic mass is 9.98. The molecule has 0 fully saturated rings. The molecule has 0 bridgehead atoms. The van der Waals surface area contributed by atoms with Crippen molar-refractivity contribution >= 4 is 21.2 Å². The van der Waals surface area contributed by atoms with Gasteiger partial charge in [-0.1, -0.05) is 12.1 Å². The van der Waals surface area contributed by atoms with E-state index in [9.17, 15) is 27.3 Å². The first-order valence-corrected chi connectivity index (χ1v) is 9.50. The van der Waals surface area contributed by atoms with Gasteiger partial charge in [-0.15, -0.1) is 0 Å². The van der Waals surface area contributed by atoms with E-state index in [-0.39, 0.29) is 5.69 Å². The molecular weight excluding hydrogens is 382 g/mol. The Labute approximate surface area is 154 Å². The quantitative estimate of drug-likeness (QED) is 0.568. The third-order valence-electron chi connectivity index (χ3n) is 4.49. The number of methoxy groups -OCH3 is 1. The number of sulfone groups is 1. The van der Waals surface area contributed by atoms with Crippen molar-refractivity contribution in [1.82, 2.24) is 0 Å². The molecule has 0 aliphatic carbocycles. The molecule has 27 heavy (non-hydrogen) atoms. The Bertz CT molecular complexity index is 995. The van der Waals surface area contributed by atoms with Crippen LogP contribution >= 0.6 is 0 Å². The van der Waals surface area contributed by atoms with Gasteiger partial charge in [-0.3, -0.25) is 10.1 Å². The predicted octanol–water partition coefficient (Wildman–Crippen LogP) is 3.16. The van der Waals surface area contributed by atoms with E-state index >= 15 is 0 Å². The number of rotatable bonds is 5. The summed E-state index contributed by atoms with van der Waals surface area (Å²) < 4.78 is 54.1. The molecule has 3 rings (SSSR count). The van der Waals surface area contributed by atoms with Gasteiger partial charge in [-0.25, -0.2) is 8.42 Å². The molecule has 0 amide bonds. The van der Waals surface area contributed by atoms with Crippen molar-refractivity contribution in [1.29, 1.82) is 0 Å². The summed E-state index contributed by atoms with van der Waals surface area (Å²) in [4.78, 5) is 11.6. The van der Waals surface area contributed by atoms with E-state index in [1.54, 1.807) is 12.0 Å². The van der Waals surface area contributed by atoms with Gasteiger partial charge in [-0.2, -0.15) is 8.78 Å². The number of nitro groups is 1. The van der Waals surface area contributed by atoms with Gasteiger partial charge in [0.1, 0.15) is 11.4 Å². The first-order chi connectivity index (χ1) is 12.8. The standard InChI is InChI=1S/C17H16F2N2O5S/c1-26-16-4-2-3-11-10-20(8-7-13(11)16)14-6-5-12(9-15(14)21(22)23)27(24,25)17(18)19/h2-6,9,17H,7-8,10H2,1H3. The predicted molar refractivity (Wildman–Crippen MR) is 94.0 cm³/mol. The topological polar surface area (TPSA) is 89.8 Å². The van der Waals surface area contributed by atoms with Crippen LogP contribution in [0.3, 0.4) is 0 Å². The number of benzene rings is 2. The summed E-state index contributed by atoms with van der Waals surface area (Å²) in [5, 5.41) is 11.4. The van der Waals surface area contributed by atoms with E-state index in [0.29, 0.717) is 25.6 Å². The monoisotopic (exact) mass is 398 g/mol. The second kappa shape index (κ2) is 7.10. The van der Waals surface area contributed by atoms with Gasteiger partial charge < -0.3 is 9.64 Å². The Kier molecular flexibility index (Phi) is 5.01. The lowest BCUT2D eigenvalue weighted by Gasteiger charge is -2.31. The zero-order valence-electron chi connectivity index (χ0n) is 14.3. The Morgan fingerprint density at radius 1 is 1.26 bits per heavy atom. The van der Waals surface area contributed by atoms with E-state index in [4.69, 9.17) is 4.74 Å². The van der Waals surface area contributed by atoms with E-state index in [2.05, 4.69) is 0 Å². The van der Waals surface area contributed by atoms with Crippen LogP contribution in [0.1, 0.15) is 11.1 Å². The molecular formula is C17H16F2N2O5S. The molecule has 0 atom stereocenters. The third-order valence-corrected chi connectivity index (χ3v) is 5.87. The van der Waals surface area contributed by atoms with Crippen molar-refractivity contribution in [3.63, 3.8) is 0 Å². The second-order valence-corrected chi connectivity index (χ2v) is 7.90. The van der Waals surface area contributed by atoms with Gasteiger partial charge in [0.15, 0.2) is 0 Å². The van der Waals surface area contributed by atoms with Crippen LogP contribution in [-0.4, -0.2) is 32.8 Å². The minimum Gasteiger partial charge on any atom is -0.496 e. The molecule has 0 radical (unpaired) electrons. The lowest BCUT2D eigenvalue weighted by molar-refractivity contribution is -0.384. The van der Waals surface area contributed by atoms with Gasteiger partial charge in [-0.05, 0) is 30.2 Å². The second-order valence-electron chi connectivity index (χ2n) is 5.98. The fraction of sp³-hybridized carbons (Fsp3) is 0.294. The van der Waals surface area contributed by atoms with Gasteiger partial charge in [0, 0.05) is 24.7 Å². The molecule has 10 heteroatoms. The molecule has 144 valence electrons. The Morgan fingerprint density at radius 3 is 2.63 bits per heavy atom. The van der Waals surface area contributed by atoms with E-state index in [1.165, 1.54) is 6.07 Å².